The number of carbonyl (C=O) groups is 1. The lowest BCUT2D eigenvalue weighted by Crippen LogP contribution is -2.31. The van der Waals surface area contributed by atoms with Crippen LogP contribution < -0.4 is 5.32 Å². The highest BCUT2D eigenvalue weighted by atomic mass is 16.1. The summed E-state index contributed by atoms with van der Waals surface area (Å²) in [5.74, 6) is 0.164. The van der Waals surface area contributed by atoms with E-state index in [-0.39, 0.29) is 17.9 Å². The van der Waals surface area contributed by atoms with Crippen LogP contribution >= 0.6 is 0 Å². The van der Waals surface area contributed by atoms with E-state index in [4.69, 9.17) is 5.26 Å². The van der Waals surface area contributed by atoms with Gasteiger partial charge in [-0.2, -0.15) is 5.26 Å². The second-order valence-corrected chi connectivity index (χ2v) is 5.98. The Balaban J connectivity index is 2.17. The van der Waals surface area contributed by atoms with Gasteiger partial charge in [-0.1, -0.05) is 45.0 Å². The van der Waals surface area contributed by atoms with Crippen LogP contribution in [0.2, 0.25) is 0 Å². The lowest BCUT2D eigenvalue weighted by Gasteiger charge is -2.23. The molecule has 2 aromatic rings. The average Bonchev–Trinajstić information content (AvgIpc) is 2.59. The minimum Gasteiger partial charge on any atom is -0.345 e. The number of nitriles is 1. The van der Waals surface area contributed by atoms with Crippen LogP contribution in [0.25, 0.3) is 0 Å². The monoisotopic (exact) mass is 306 g/mol. The van der Waals surface area contributed by atoms with Gasteiger partial charge >= 0.3 is 0 Å². The van der Waals surface area contributed by atoms with Gasteiger partial charge in [0, 0.05) is 5.56 Å². The summed E-state index contributed by atoms with van der Waals surface area (Å²) in [5, 5.41) is 11.9. The van der Waals surface area contributed by atoms with Crippen molar-refractivity contribution in [3.05, 3.63) is 70.8 Å². The van der Waals surface area contributed by atoms with Crippen molar-refractivity contribution in [2.24, 2.45) is 5.92 Å². The Kier molecular flexibility index (Phi) is 5.54. The van der Waals surface area contributed by atoms with E-state index in [1.54, 1.807) is 24.3 Å². The number of amides is 1. The number of nitrogens with one attached hydrogen (secondary N) is 1. The Labute approximate surface area is 138 Å². The van der Waals surface area contributed by atoms with Crippen LogP contribution in [0.5, 0.6) is 0 Å². The molecule has 2 rings (SSSR count). The average molecular weight is 306 g/mol. The van der Waals surface area contributed by atoms with Crippen LogP contribution in [0, 0.1) is 17.2 Å². The van der Waals surface area contributed by atoms with E-state index in [1.165, 1.54) is 5.56 Å². The van der Waals surface area contributed by atoms with Gasteiger partial charge in [0.15, 0.2) is 0 Å². The topological polar surface area (TPSA) is 52.9 Å². The molecule has 2 aromatic carbocycles. The number of rotatable bonds is 5. The minimum atomic E-state index is -0.118. The van der Waals surface area contributed by atoms with E-state index >= 15 is 0 Å². The molecule has 0 aliphatic rings. The van der Waals surface area contributed by atoms with Gasteiger partial charge in [0.05, 0.1) is 17.7 Å². The predicted molar refractivity (Wildman–Crippen MR) is 92.0 cm³/mol. The zero-order valence-corrected chi connectivity index (χ0v) is 13.8. The Morgan fingerprint density at radius 3 is 2.17 bits per heavy atom. The number of nitrogens with zero attached hydrogens (tertiary/aromatic N) is 1. The zero-order valence-electron chi connectivity index (χ0n) is 13.8. The molecule has 0 bridgehead atoms. The molecule has 0 aliphatic heterocycles. The summed E-state index contributed by atoms with van der Waals surface area (Å²) < 4.78 is 0. The van der Waals surface area contributed by atoms with Gasteiger partial charge in [0.25, 0.3) is 5.91 Å². The number of carbonyl (C=O) groups excluding carboxylic acids is 1. The molecule has 3 heteroatoms. The first-order chi connectivity index (χ1) is 11.0. The fourth-order valence-electron chi connectivity index (χ4n) is 2.52. The van der Waals surface area contributed by atoms with Crippen molar-refractivity contribution in [1.29, 1.82) is 5.26 Å². The molecule has 1 N–H and O–H groups in total. The molecule has 23 heavy (non-hydrogen) atoms. The summed E-state index contributed by atoms with van der Waals surface area (Å²) in [7, 11) is 0. The molecular weight excluding hydrogens is 284 g/mol. The largest absolute Gasteiger partial charge is 0.345 e. The first kappa shape index (κ1) is 16.8. The molecule has 0 saturated heterocycles. The van der Waals surface area contributed by atoms with E-state index < -0.39 is 0 Å². The van der Waals surface area contributed by atoms with Crippen molar-refractivity contribution >= 4 is 5.91 Å². The molecule has 0 fully saturated rings. The van der Waals surface area contributed by atoms with Gasteiger partial charge < -0.3 is 5.32 Å². The maximum absolute atomic E-state index is 12.5. The molecule has 1 amide bonds. The van der Waals surface area contributed by atoms with Crippen molar-refractivity contribution < 1.29 is 4.79 Å². The van der Waals surface area contributed by atoms with E-state index in [2.05, 4.69) is 56.4 Å². The summed E-state index contributed by atoms with van der Waals surface area (Å²) in [4.78, 5) is 12.5. The Bertz CT molecular complexity index is 694. The van der Waals surface area contributed by atoms with Crippen molar-refractivity contribution in [3.8, 4) is 6.07 Å². The van der Waals surface area contributed by atoms with Crippen molar-refractivity contribution in [2.75, 3.05) is 0 Å². The van der Waals surface area contributed by atoms with E-state index in [1.807, 2.05) is 0 Å². The number of benzene rings is 2. The third-order valence-electron chi connectivity index (χ3n) is 3.98. The highest BCUT2D eigenvalue weighted by molar-refractivity contribution is 5.94. The molecule has 0 aromatic heterocycles. The molecule has 0 heterocycles. The molecule has 118 valence electrons. The van der Waals surface area contributed by atoms with Gasteiger partial charge in [-0.15, -0.1) is 0 Å². The highest BCUT2D eigenvalue weighted by Crippen LogP contribution is 2.23. The Morgan fingerprint density at radius 2 is 1.70 bits per heavy atom. The summed E-state index contributed by atoms with van der Waals surface area (Å²) >= 11 is 0. The molecule has 0 aliphatic carbocycles. The molecule has 3 nitrogen and oxygen atoms in total. The van der Waals surface area contributed by atoms with Gasteiger partial charge in [0.2, 0.25) is 0 Å². The number of hydrogen-bond acceptors (Lipinski definition) is 2. The summed E-state index contributed by atoms with van der Waals surface area (Å²) in [5.41, 5.74) is 3.52. The fourth-order valence-corrected chi connectivity index (χ4v) is 2.52. The normalized spacial score (nSPS) is 11.8. The van der Waals surface area contributed by atoms with Crippen LogP contribution in [0.4, 0.5) is 0 Å². The smallest absolute Gasteiger partial charge is 0.251 e. The van der Waals surface area contributed by atoms with Gasteiger partial charge in [-0.3, -0.25) is 4.79 Å². The summed E-state index contributed by atoms with van der Waals surface area (Å²) in [6.07, 6.45) is 1.00. The minimum absolute atomic E-state index is 0.0379. The second kappa shape index (κ2) is 7.60. The molecule has 1 unspecified atom stereocenters. The SMILES string of the molecule is CCc1ccc(C(NC(=O)c2ccc(C#N)cc2)C(C)C)cc1. The predicted octanol–water partition coefficient (Wildman–Crippen LogP) is 4.25. The standard InChI is InChI=1S/C20H22N2O/c1-4-15-5-9-17(10-6-15)19(14(2)3)22-20(23)18-11-7-16(13-21)8-12-18/h5-12,14,19H,4H2,1-3H3,(H,22,23). The van der Waals surface area contributed by atoms with Crippen molar-refractivity contribution in [1.82, 2.24) is 5.32 Å². The van der Waals surface area contributed by atoms with E-state index in [0.717, 1.165) is 12.0 Å². The number of hydrogen-bond donors (Lipinski definition) is 1. The molecule has 0 saturated carbocycles. The molecule has 1 atom stereocenters. The van der Waals surface area contributed by atoms with Crippen LogP contribution in [0.3, 0.4) is 0 Å². The quantitative estimate of drug-likeness (QED) is 0.898. The van der Waals surface area contributed by atoms with Gasteiger partial charge in [0.1, 0.15) is 0 Å². The van der Waals surface area contributed by atoms with E-state index in [9.17, 15) is 4.79 Å². The second-order valence-electron chi connectivity index (χ2n) is 5.98. The lowest BCUT2D eigenvalue weighted by atomic mass is 9.94. The first-order valence-electron chi connectivity index (χ1n) is 7.95. The third-order valence-corrected chi connectivity index (χ3v) is 3.98. The number of aryl methyl sites for hydroxylation is 1. The van der Waals surface area contributed by atoms with Gasteiger partial charge in [-0.05, 0) is 47.7 Å². The van der Waals surface area contributed by atoms with Crippen LogP contribution in [0.1, 0.15) is 53.9 Å². The fraction of sp³-hybridized carbons (Fsp3) is 0.300. The Morgan fingerprint density at radius 1 is 1.09 bits per heavy atom. The first-order valence-corrected chi connectivity index (χ1v) is 7.95. The maximum atomic E-state index is 12.5. The molecule has 0 spiro atoms. The van der Waals surface area contributed by atoms with Crippen LogP contribution in [0.15, 0.2) is 48.5 Å². The van der Waals surface area contributed by atoms with E-state index in [0.29, 0.717) is 11.1 Å². The Hall–Kier alpha value is -2.60. The van der Waals surface area contributed by atoms with Gasteiger partial charge in [-0.25, -0.2) is 0 Å². The maximum Gasteiger partial charge on any atom is 0.251 e. The lowest BCUT2D eigenvalue weighted by molar-refractivity contribution is 0.0925. The highest BCUT2D eigenvalue weighted by Gasteiger charge is 2.19. The summed E-state index contributed by atoms with van der Waals surface area (Å²) in [6.45, 7) is 6.32. The third kappa shape index (κ3) is 4.20. The van der Waals surface area contributed by atoms with Crippen LogP contribution in [-0.2, 0) is 6.42 Å². The van der Waals surface area contributed by atoms with Crippen molar-refractivity contribution in [3.63, 3.8) is 0 Å². The van der Waals surface area contributed by atoms with Crippen LogP contribution in [-0.4, -0.2) is 5.91 Å². The molecular formula is C20H22N2O. The molecule has 0 radical (unpaired) electrons. The summed E-state index contributed by atoms with van der Waals surface area (Å²) in [6, 6.07) is 17.1. The van der Waals surface area contributed by atoms with Crippen molar-refractivity contribution in [2.45, 2.75) is 33.2 Å². The zero-order chi connectivity index (χ0) is 16.8.